The lowest BCUT2D eigenvalue weighted by molar-refractivity contribution is 0.292. The van der Waals surface area contributed by atoms with E-state index in [1.54, 1.807) is 11.3 Å². The van der Waals surface area contributed by atoms with Gasteiger partial charge >= 0.3 is 0 Å². The van der Waals surface area contributed by atoms with Crippen molar-refractivity contribution in [3.05, 3.63) is 64.7 Å². The van der Waals surface area contributed by atoms with Crippen molar-refractivity contribution in [2.75, 3.05) is 27.2 Å². The van der Waals surface area contributed by atoms with Crippen LogP contribution in [0, 0.1) is 13.8 Å². The molecule has 6 nitrogen and oxygen atoms in total. The molecule has 3 aromatic rings. The molecule has 0 aromatic carbocycles. The number of thiocarbonyl (C=S) groups is 1. The molecule has 0 aliphatic carbocycles. The van der Waals surface area contributed by atoms with Gasteiger partial charge < -0.3 is 15.1 Å². The second-order valence-electron chi connectivity index (χ2n) is 7.95. The molecular weight excluding hydrogens is 412 g/mol. The first-order valence-electron chi connectivity index (χ1n) is 10.2. The lowest BCUT2D eigenvalue weighted by atomic mass is 9.96. The molecule has 0 bridgehead atoms. The summed E-state index contributed by atoms with van der Waals surface area (Å²) in [6.45, 7) is 6.25. The molecule has 0 radical (unpaired) electrons. The van der Waals surface area contributed by atoms with E-state index in [4.69, 9.17) is 12.2 Å². The fourth-order valence-corrected chi connectivity index (χ4v) is 5.33. The zero-order valence-electron chi connectivity index (χ0n) is 17.9. The summed E-state index contributed by atoms with van der Waals surface area (Å²) < 4.78 is 2.24. The monoisotopic (exact) mass is 440 g/mol. The Kier molecular flexibility index (Phi) is 6.17. The van der Waals surface area contributed by atoms with Crippen LogP contribution in [0.2, 0.25) is 0 Å². The summed E-state index contributed by atoms with van der Waals surface area (Å²) in [4.78, 5) is 13.7. The van der Waals surface area contributed by atoms with Crippen molar-refractivity contribution >= 4 is 28.7 Å². The molecule has 1 N–H and O–H groups in total. The van der Waals surface area contributed by atoms with E-state index in [0.717, 1.165) is 35.4 Å². The number of hydrogen-bond acceptors (Lipinski definition) is 5. The first-order valence-corrected chi connectivity index (χ1v) is 11.5. The van der Waals surface area contributed by atoms with E-state index in [9.17, 15) is 0 Å². The van der Waals surface area contributed by atoms with Crippen LogP contribution in [0.3, 0.4) is 0 Å². The molecule has 3 aromatic heterocycles. The first-order chi connectivity index (χ1) is 14.5. The number of hydrogen-bond donors (Lipinski definition) is 1. The summed E-state index contributed by atoms with van der Waals surface area (Å²) in [5.74, 6) is 0. The van der Waals surface area contributed by atoms with Crippen LogP contribution in [0.4, 0.5) is 0 Å². The second-order valence-corrected chi connectivity index (χ2v) is 9.21. The number of rotatable bonds is 7. The summed E-state index contributed by atoms with van der Waals surface area (Å²) in [5, 5.41) is 7.37. The van der Waals surface area contributed by atoms with Crippen LogP contribution in [-0.4, -0.2) is 56.6 Å². The molecule has 4 rings (SSSR count). The van der Waals surface area contributed by atoms with Crippen LogP contribution in [0.5, 0.6) is 0 Å². The van der Waals surface area contributed by atoms with Gasteiger partial charge in [-0.15, -0.1) is 11.3 Å². The summed E-state index contributed by atoms with van der Waals surface area (Å²) in [6, 6.07) is 8.47. The van der Waals surface area contributed by atoms with Crippen LogP contribution in [0.15, 0.2) is 42.0 Å². The number of nitrogens with zero attached hydrogens (tertiary/aromatic N) is 5. The smallest absolute Gasteiger partial charge is 0.193 e. The normalized spacial score (nSPS) is 19.0. The number of aromatic nitrogens is 3. The van der Waals surface area contributed by atoms with Gasteiger partial charge in [0.15, 0.2) is 10.2 Å². The molecule has 30 heavy (non-hydrogen) atoms. The van der Waals surface area contributed by atoms with Gasteiger partial charge in [-0.1, -0.05) is 6.07 Å². The highest BCUT2D eigenvalue weighted by Crippen LogP contribution is 2.41. The third-order valence-electron chi connectivity index (χ3n) is 5.60. The molecule has 4 heterocycles. The number of nitrogens with one attached hydrogen (secondary N) is 1. The highest BCUT2D eigenvalue weighted by Gasteiger charge is 2.41. The van der Waals surface area contributed by atoms with E-state index in [2.05, 4.69) is 69.7 Å². The Bertz CT molecular complexity index is 996. The third kappa shape index (κ3) is 3.99. The van der Waals surface area contributed by atoms with Crippen LogP contribution in [0.25, 0.3) is 5.13 Å². The van der Waals surface area contributed by atoms with E-state index in [0.29, 0.717) is 0 Å². The Labute approximate surface area is 187 Å². The standard InChI is InChI=1S/C22H28N6S2/c1-15-14-17(16(2)28(15)22-24-10-13-30-22)20-19(18-8-5-6-9-23-18)25-21(29)27(20)12-7-11-26(3)4/h5-6,8-10,13-14,19-20H,7,11-12H2,1-4H3,(H,25,29). The van der Waals surface area contributed by atoms with Crippen molar-refractivity contribution < 1.29 is 0 Å². The minimum absolute atomic E-state index is 0.0169. The molecule has 158 valence electrons. The topological polar surface area (TPSA) is 49.2 Å². The lowest BCUT2D eigenvalue weighted by Gasteiger charge is -2.28. The molecule has 2 atom stereocenters. The largest absolute Gasteiger partial charge is 0.352 e. The van der Waals surface area contributed by atoms with Crippen LogP contribution in [0.1, 0.15) is 41.1 Å². The average molecular weight is 441 g/mol. The van der Waals surface area contributed by atoms with E-state index >= 15 is 0 Å². The van der Waals surface area contributed by atoms with Gasteiger partial charge in [0.1, 0.15) is 0 Å². The predicted octanol–water partition coefficient (Wildman–Crippen LogP) is 3.87. The van der Waals surface area contributed by atoms with Crippen molar-refractivity contribution in [2.45, 2.75) is 32.4 Å². The molecule has 1 aliphatic heterocycles. The molecular formula is C22H28N6S2. The molecule has 0 spiro atoms. The van der Waals surface area contributed by atoms with Crippen molar-refractivity contribution in [2.24, 2.45) is 0 Å². The average Bonchev–Trinajstić information content (AvgIpc) is 3.41. The zero-order valence-corrected chi connectivity index (χ0v) is 19.5. The quantitative estimate of drug-likeness (QED) is 0.563. The molecule has 2 unspecified atom stereocenters. The Morgan fingerprint density at radius 3 is 2.70 bits per heavy atom. The summed E-state index contributed by atoms with van der Waals surface area (Å²) in [5.41, 5.74) is 4.68. The molecule has 1 aliphatic rings. The zero-order chi connectivity index (χ0) is 21.3. The van der Waals surface area contributed by atoms with E-state index < -0.39 is 0 Å². The van der Waals surface area contributed by atoms with Crippen molar-refractivity contribution in [1.82, 2.24) is 29.7 Å². The maximum Gasteiger partial charge on any atom is 0.193 e. The first kappa shape index (κ1) is 21.0. The van der Waals surface area contributed by atoms with Gasteiger partial charge in [0.05, 0.1) is 17.8 Å². The Morgan fingerprint density at radius 1 is 1.20 bits per heavy atom. The molecule has 1 fully saturated rings. The van der Waals surface area contributed by atoms with Crippen LogP contribution in [-0.2, 0) is 0 Å². The van der Waals surface area contributed by atoms with Gasteiger partial charge in [-0.2, -0.15) is 0 Å². The number of aryl methyl sites for hydroxylation is 1. The number of thiazole rings is 1. The Hall–Kier alpha value is -2.29. The van der Waals surface area contributed by atoms with E-state index in [-0.39, 0.29) is 12.1 Å². The van der Waals surface area contributed by atoms with Crippen molar-refractivity contribution in [3.63, 3.8) is 0 Å². The van der Waals surface area contributed by atoms with E-state index in [1.807, 2.05) is 29.9 Å². The Balaban J connectivity index is 1.75. The molecule has 8 heteroatoms. The maximum atomic E-state index is 5.79. The molecule has 0 amide bonds. The third-order valence-corrected chi connectivity index (χ3v) is 6.71. The Morgan fingerprint density at radius 2 is 2.03 bits per heavy atom. The summed E-state index contributed by atoms with van der Waals surface area (Å²) in [6.07, 6.45) is 4.76. The van der Waals surface area contributed by atoms with Gasteiger partial charge in [0.2, 0.25) is 0 Å². The maximum absolute atomic E-state index is 5.79. The molecule has 1 saturated heterocycles. The number of pyridine rings is 1. The van der Waals surface area contributed by atoms with Crippen molar-refractivity contribution in [3.8, 4) is 5.13 Å². The van der Waals surface area contributed by atoms with Gasteiger partial charge in [0, 0.05) is 35.7 Å². The highest BCUT2D eigenvalue weighted by molar-refractivity contribution is 7.80. The van der Waals surface area contributed by atoms with Gasteiger partial charge in [0.25, 0.3) is 0 Å². The fraction of sp³-hybridized carbons (Fsp3) is 0.409. The molecule has 0 saturated carbocycles. The van der Waals surface area contributed by atoms with Gasteiger partial charge in [-0.3, -0.25) is 9.55 Å². The van der Waals surface area contributed by atoms with Gasteiger partial charge in [-0.25, -0.2) is 4.98 Å². The SMILES string of the molecule is Cc1cc(C2C(c3ccccn3)NC(=S)N2CCCN(C)C)c(C)n1-c1nccs1. The summed E-state index contributed by atoms with van der Waals surface area (Å²) >= 11 is 7.45. The minimum Gasteiger partial charge on any atom is -0.352 e. The fourth-order valence-electron chi connectivity index (χ4n) is 4.25. The second kappa shape index (κ2) is 8.83. The lowest BCUT2D eigenvalue weighted by Crippen LogP contribution is -2.32. The van der Waals surface area contributed by atoms with Crippen LogP contribution < -0.4 is 5.32 Å². The van der Waals surface area contributed by atoms with Crippen molar-refractivity contribution in [1.29, 1.82) is 0 Å². The minimum atomic E-state index is 0.0169. The van der Waals surface area contributed by atoms with Crippen LogP contribution >= 0.6 is 23.6 Å². The van der Waals surface area contributed by atoms with E-state index in [1.165, 1.54) is 17.0 Å². The predicted molar refractivity (Wildman–Crippen MR) is 126 cm³/mol. The highest BCUT2D eigenvalue weighted by atomic mass is 32.1. The summed E-state index contributed by atoms with van der Waals surface area (Å²) in [7, 11) is 4.22. The van der Waals surface area contributed by atoms with Gasteiger partial charge in [-0.05, 0) is 76.9 Å².